The Hall–Kier alpha value is -0.780. The third-order valence-corrected chi connectivity index (χ3v) is 0.718. The maximum absolute atomic E-state index is 2.00. The van der Waals surface area contributed by atoms with Gasteiger partial charge in [-0.15, -0.1) is 0 Å². The molecule has 0 nitrogen and oxygen atoms in total. The first-order chi connectivity index (χ1) is 3.91. The Morgan fingerprint density at radius 1 is 0.625 bits per heavy atom. The van der Waals surface area contributed by atoms with Gasteiger partial charge in [0.15, 0.2) is 0 Å². The first-order valence-electron chi connectivity index (χ1n) is 2.82. The van der Waals surface area contributed by atoms with E-state index >= 15 is 0 Å². The van der Waals surface area contributed by atoms with E-state index in [0.29, 0.717) is 0 Å². The number of hydrogen-bond acceptors (Lipinski definition) is 0. The third-order valence-electron chi connectivity index (χ3n) is 0.718. The first-order valence-corrected chi connectivity index (χ1v) is 2.82. The van der Waals surface area contributed by atoms with Crippen LogP contribution in [0.3, 0.4) is 0 Å². The minimum Gasteiger partial charge on any atom is -0.0877 e. The lowest BCUT2D eigenvalue weighted by atomic mass is 10.4. The lowest BCUT2D eigenvalue weighted by molar-refractivity contribution is 1.71. The topological polar surface area (TPSA) is 0 Å². The predicted octanol–water partition coefficient (Wildman–Crippen LogP) is 2.69. The van der Waals surface area contributed by atoms with Gasteiger partial charge in [0.25, 0.3) is 0 Å². The van der Waals surface area contributed by atoms with Crippen LogP contribution < -0.4 is 0 Å². The van der Waals surface area contributed by atoms with Crippen molar-refractivity contribution in [1.82, 2.24) is 0 Å². The zero-order valence-corrected chi connectivity index (χ0v) is 5.46. The molecule has 0 heteroatoms. The second-order valence-electron chi connectivity index (χ2n) is 1.44. The highest BCUT2D eigenvalue weighted by molar-refractivity contribution is 5.09. The minimum absolute atomic E-state index is 2.00. The van der Waals surface area contributed by atoms with Gasteiger partial charge in [0.2, 0.25) is 0 Å². The van der Waals surface area contributed by atoms with Crippen molar-refractivity contribution in [3.05, 3.63) is 36.5 Å². The summed E-state index contributed by atoms with van der Waals surface area (Å²) in [5.41, 5.74) is 0. The molecule has 0 aliphatic rings. The van der Waals surface area contributed by atoms with Crippen molar-refractivity contribution < 1.29 is 0 Å². The Balaban J connectivity index is 3.35. The Labute approximate surface area is 51.2 Å². The fourth-order valence-corrected chi connectivity index (χ4v) is 0.351. The van der Waals surface area contributed by atoms with Gasteiger partial charge in [-0.3, -0.25) is 0 Å². The molecule has 0 aliphatic heterocycles. The molecule has 0 saturated heterocycles. The lowest BCUT2D eigenvalue weighted by Crippen LogP contribution is -1.46. The molecule has 0 aromatic heterocycles. The number of rotatable bonds is 2. The van der Waals surface area contributed by atoms with Gasteiger partial charge in [-0.05, 0) is 13.8 Å². The van der Waals surface area contributed by atoms with E-state index in [0.717, 1.165) is 0 Å². The van der Waals surface area contributed by atoms with Crippen LogP contribution in [0.25, 0.3) is 0 Å². The molecule has 8 heavy (non-hydrogen) atoms. The van der Waals surface area contributed by atoms with Gasteiger partial charge in [0, 0.05) is 0 Å². The standard InChI is InChI=1S/C8H12/c1-3-5-7-8-6-4-2/h3-8H,1-2H3. The maximum Gasteiger partial charge on any atom is -0.0467 e. The van der Waals surface area contributed by atoms with E-state index < -0.39 is 0 Å². The molecule has 0 fully saturated rings. The van der Waals surface area contributed by atoms with Crippen molar-refractivity contribution in [3.8, 4) is 0 Å². The highest BCUT2D eigenvalue weighted by atomic mass is 13.6. The molecular weight excluding hydrogens is 96.1 g/mol. The summed E-state index contributed by atoms with van der Waals surface area (Å²) in [6, 6.07) is 0. The predicted molar refractivity (Wildman–Crippen MR) is 38.8 cm³/mol. The van der Waals surface area contributed by atoms with Crippen LogP contribution in [0.15, 0.2) is 36.5 Å². The van der Waals surface area contributed by atoms with Crippen molar-refractivity contribution in [2.24, 2.45) is 0 Å². The van der Waals surface area contributed by atoms with Gasteiger partial charge in [-0.1, -0.05) is 36.5 Å². The van der Waals surface area contributed by atoms with E-state index in [4.69, 9.17) is 0 Å². The molecule has 0 aliphatic carbocycles. The van der Waals surface area contributed by atoms with E-state index in [-0.39, 0.29) is 0 Å². The smallest absolute Gasteiger partial charge is 0.0467 e. The molecule has 0 spiro atoms. The van der Waals surface area contributed by atoms with Crippen molar-refractivity contribution in [2.45, 2.75) is 13.8 Å². The van der Waals surface area contributed by atoms with Crippen LogP contribution in [0.5, 0.6) is 0 Å². The van der Waals surface area contributed by atoms with Crippen LogP contribution in [-0.4, -0.2) is 0 Å². The Morgan fingerprint density at radius 3 is 1.25 bits per heavy atom. The summed E-state index contributed by atoms with van der Waals surface area (Å²) in [6.45, 7) is 4.00. The van der Waals surface area contributed by atoms with Gasteiger partial charge < -0.3 is 0 Å². The van der Waals surface area contributed by atoms with Crippen LogP contribution in [0.2, 0.25) is 0 Å². The molecule has 0 bridgehead atoms. The summed E-state index contributed by atoms with van der Waals surface area (Å²) in [4.78, 5) is 0. The van der Waals surface area contributed by atoms with Crippen molar-refractivity contribution in [2.75, 3.05) is 0 Å². The summed E-state index contributed by atoms with van der Waals surface area (Å²) in [6.07, 6.45) is 12.0. The van der Waals surface area contributed by atoms with Crippen LogP contribution >= 0.6 is 0 Å². The summed E-state index contributed by atoms with van der Waals surface area (Å²) in [5, 5.41) is 0. The fourth-order valence-electron chi connectivity index (χ4n) is 0.351. The highest BCUT2D eigenvalue weighted by Gasteiger charge is 1.55. The zero-order chi connectivity index (χ0) is 6.24. The Bertz CT molecular complexity index is 91.2. The SMILES string of the molecule is CC=CC=CC=CC. The molecule has 0 saturated carbocycles. The number of hydrogen-bond donors (Lipinski definition) is 0. The summed E-state index contributed by atoms with van der Waals surface area (Å²) >= 11 is 0. The Kier molecular flexibility index (Phi) is 5.61. The molecule has 0 aromatic rings. The second kappa shape index (κ2) is 6.22. The monoisotopic (exact) mass is 108 g/mol. The molecule has 0 unspecified atom stereocenters. The molecule has 0 atom stereocenters. The molecule has 44 valence electrons. The van der Waals surface area contributed by atoms with Gasteiger partial charge >= 0.3 is 0 Å². The molecule has 0 amide bonds. The van der Waals surface area contributed by atoms with Crippen LogP contribution in [0.4, 0.5) is 0 Å². The van der Waals surface area contributed by atoms with Crippen LogP contribution in [0.1, 0.15) is 13.8 Å². The van der Waals surface area contributed by atoms with Crippen molar-refractivity contribution >= 4 is 0 Å². The second-order valence-corrected chi connectivity index (χ2v) is 1.44. The van der Waals surface area contributed by atoms with Crippen LogP contribution in [-0.2, 0) is 0 Å². The highest BCUT2D eigenvalue weighted by Crippen LogP contribution is 1.77. The fraction of sp³-hybridized carbons (Fsp3) is 0.250. The van der Waals surface area contributed by atoms with E-state index in [2.05, 4.69) is 0 Å². The first kappa shape index (κ1) is 7.22. The average molecular weight is 108 g/mol. The van der Waals surface area contributed by atoms with E-state index in [1.807, 2.05) is 50.3 Å². The molecule has 0 rings (SSSR count). The molecule has 0 radical (unpaired) electrons. The normalized spacial score (nSPS) is 12.8. The number of allylic oxidation sites excluding steroid dienone is 6. The molecule has 0 heterocycles. The van der Waals surface area contributed by atoms with E-state index in [1.54, 1.807) is 0 Å². The average Bonchev–Trinajstić information content (AvgIpc) is 1.81. The Morgan fingerprint density at radius 2 is 1.00 bits per heavy atom. The van der Waals surface area contributed by atoms with Gasteiger partial charge in [-0.2, -0.15) is 0 Å². The summed E-state index contributed by atoms with van der Waals surface area (Å²) in [5.74, 6) is 0. The van der Waals surface area contributed by atoms with Gasteiger partial charge in [0.05, 0.1) is 0 Å². The van der Waals surface area contributed by atoms with Gasteiger partial charge in [0.1, 0.15) is 0 Å². The zero-order valence-electron chi connectivity index (χ0n) is 5.46. The van der Waals surface area contributed by atoms with E-state index in [9.17, 15) is 0 Å². The largest absolute Gasteiger partial charge is 0.0877 e. The molecule has 0 aromatic carbocycles. The van der Waals surface area contributed by atoms with Crippen molar-refractivity contribution in [3.63, 3.8) is 0 Å². The van der Waals surface area contributed by atoms with E-state index in [1.165, 1.54) is 0 Å². The third kappa shape index (κ3) is 5.22. The molecular formula is C8H12. The summed E-state index contributed by atoms with van der Waals surface area (Å²) in [7, 11) is 0. The van der Waals surface area contributed by atoms with Gasteiger partial charge in [-0.25, -0.2) is 0 Å². The van der Waals surface area contributed by atoms with Crippen molar-refractivity contribution in [1.29, 1.82) is 0 Å². The van der Waals surface area contributed by atoms with Crippen LogP contribution in [0, 0.1) is 0 Å². The minimum atomic E-state index is 2.00. The lowest BCUT2D eigenvalue weighted by Gasteiger charge is -1.68. The summed E-state index contributed by atoms with van der Waals surface area (Å²) < 4.78 is 0. The quantitative estimate of drug-likeness (QED) is 0.477. The molecule has 0 N–H and O–H groups in total. The maximum atomic E-state index is 2.00.